The van der Waals surface area contributed by atoms with Gasteiger partial charge in [0.2, 0.25) is 5.91 Å². The van der Waals surface area contributed by atoms with Crippen LogP contribution in [0.15, 0.2) is 42.5 Å². The van der Waals surface area contributed by atoms with Gasteiger partial charge in [-0.1, -0.05) is 23.7 Å². The third-order valence-electron chi connectivity index (χ3n) is 4.83. The summed E-state index contributed by atoms with van der Waals surface area (Å²) < 4.78 is 19.1. The minimum Gasteiger partial charge on any atom is -0.494 e. The van der Waals surface area contributed by atoms with Crippen LogP contribution in [0.5, 0.6) is 5.75 Å². The quantitative estimate of drug-likeness (QED) is 0.729. The molecule has 2 aromatic rings. The summed E-state index contributed by atoms with van der Waals surface area (Å²) in [7, 11) is 0. The molecule has 1 heterocycles. The van der Waals surface area contributed by atoms with Crippen molar-refractivity contribution in [2.75, 3.05) is 39.3 Å². The molecule has 0 aliphatic carbocycles. The maximum atomic E-state index is 13.5. The van der Waals surface area contributed by atoms with Crippen molar-refractivity contribution in [2.45, 2.75) is 13.5 Å². The number of amides is 2. The summed E-state index contributed by atoms with van der Waals surface area (Å²) >= 11 is 5.86. The van der Waals surface area contributed by atoms with Gasteiger partial charge in [0.1, 0.15) is 18.1 Å². The Morgan fingerprint density at radius 1 is 1.20 bits per heavy atom. The van der Waals surface area contributed by atoms with Crippen molar-refractivity contribution in [3.05, 3.63) is 64.4 Å². The van der Waals surface area contributed by atoms with E-state index in [0.29, 0.717) is 25.4 Å². The van der Waals surface area contributed by atoms with Crippen LogP contribution in [0.1, 0.15) is 22.8 Å². The highest BCUT2D eigenvalue weighted by Gasteiger charge is 2.24. The molecule has 30 heavy (non-hydrogen) atoms. The highest BCUT2D eigenvalue weighted by atomic mass is 35.5. The van der Waals surface area contributed by atoms with Crippen molar-refractivity contribution >= 4 is 23.4 Å². The first-order valence-electron chi connectivity index (χ1n) is 9.92. The molecule has 0 unspecified atom stereocenters. The summed E-state index contributed by atoms with van der Waals surface area (Å²) in [6, 6.07) is 11.2. The third kappa shape index (κ3) is 5.70. The lowest BCUT2D eigenvalue weighted by atomic mass is 10.1. The molecule has 1 saturated heterocycles. The van der Waals surface area contributed by atoms with Gasteiger partial charge in [0, 0.05) is 38.3 Å². The predicted molar refractivity (Wildman–Crippen MR) is 113 cm³/mol. The summed E-state index contributed by atoms with van der Waals surface area (Å²) in [5.74, 6) is -0.414. The Morgan fingerprint density at radius 2 is 1.97 bits per heavy atom. The zero-order chi connectivity index (χ0) is 21.5. The lowest BCUT2D eigenvalue weighted by molar-refractivity contribution is -0.132. The minimum absolute atomic E-state index is 0.0767. The lowest BCUT2D eigenvalue weighted by Crippen LogP contribution is -2.50. The van der Waals surface area contributed by atoms with Crippen molar-refractivity contribution in [1.29, 1.82) is 0 Å². The number of ether oxygens (including phenoxy) is 1. The van der Waals surface area contributed by atoms with E-state index in [4.69, 9.17) is 16.3 Å². The number of benzene rings is 2. The fourth-order valence-corrected chi connectivity index (χ4v) is 3.49. The number of hydrogen-bond donors (Lipinski definition) is 1. The molecule has 8 heteroatoms. The number of nitrogens with one attached hydrogen (secondary N) is 1. The number of halogens is 2. The Hall–Kier alpha value is -2.64. The Kier molecular flexibility index (Phi) is 7.65. The second-order valence-corrected chi connectivity index (χ2v) is 7.41. The Morgan fingerprint density at radius 3 is 2.67 bits per heavy atom. The number of carbonyl (C=O) groups is 2. The first-order valence-corrected chi connectivity index (χ1v) is 10.3. The SMILES string of the molecule is CCOc1cccc(CN(CC(=O)N2CCNCC2)C(=O)c2ccc(F)c(Cl)c2)c1. The van der Waals surface area contributed by atoms with Crippen LogP contribution in [-0.2, 0) is 11.3 Å². The zero-order valence-electron chi connectivity index (χ0n) is 16.9. The normalized spacial score (nSPS) is 13.8. The van der Waals surface area contributed by atoms with Gasteiger partial charge in [-0.2, -0.15) is 0 Å². The molecule has 1 aliphatic heterocycles. The average molecular weight is 434 g/mol. The second-order valence-electron chi connectivity index (χ2n) is 7.00. The van der Waals surface area contributed by atoms with Crippen molar-refractivity contribution in [3.63, 3.8) is 0 Å². The maximum Gasteiger partial charge on any atom is 0.254 e. The van der Waals surface area contributed by atoms with Crippen molar-refractivity contribution in [3.8, 4) is 5.75 Å². The first kappa shape index (κ1) is 22.1. The molecule has 0 saturated carbocycles. The minimum atomic E-state index is -0.596. The Bertz CT molecular complexity index is 903. The van der Waals surface area contributed by atoms with E-state index < -0.39 is 5.82 Å². The van der Waals surface area contributed by atoms with Crippen LogP contribution >= 0.6 is 11.6 Å². The summed E-state index contributed by atoms with van der Waals surface area (Å²) in [5.41, 5.74) is 1.06. The van der Waals surface area contributed by atoms with Gasteiger partial charge in [-0.25, -0.2) is 4.39 Å². The third-order valence-corrected chi connectivity index (χ3v) is 5.12. The highest BCUT2D eigenvalue weighted by molar-refractivity contribution is 6.31. The second kappa shape index (κ2) is 10.4. The standard InChI is InChI=1S/C22H25ClFN3O3/c1-2-30-18-5-3-4-16(12-18)14-27(15-21(28)26-10-8-25-9-11-26)22(29)17-6-7-20(24)19(23)13-17/h3-7,12-13,25H,2,8-11,14-15H2,1H3. The van der Waals surface area contributed by atoms with E-state index in [9.17, 15) is 14.0 Å². The molecule has 1 N–H and O–H groups in total. The van der Waals surface area contributed by atoms with Crippen LogP contribution in [0, 0.1) is 5.82 Å². The maximum absolute atomic E-state index is 13.5. The molecule has 1 aliphatic rings. The number of nitrogens with zero attached hydrogens (tertiary/aromatic N) is 2. The molecule has 0 spiro atoms. The molecule has 0 bridgehead atoms. The number of piperazine rings is 1. The molecule has 0 radical (unpaired) electrons. The van der Waals surface area contributed by atoms with Crippen LogP contribution in [0.4, 0.5) is 4.39 Å². The average Bonchev–Trinajstić information content (AvgIpc) is 2.76. The van der Waals surface area contributed by atoms with Crippen LogP contribution < -0.4 is 10.1 Å². The first-order chi connectivity index (χ1) is 14.5. The van der Waals surface area contributed by atoms with Gasteiger partial charge in [0.15, 0.2) is 0 Å². The van der Waals surface area contributed by atoms with E-state index in [1.54, 1.807) is 4.90 Å². The van der Waals surface area contributed by atoms with E-state index in [1.807, 2.05) is 31.2 Å². The summed E-state index contributed by atoms with van der Waals surface area (Å²) in [5, 5.41) is 3.07. The molecule has 6 nitrogen and oxygen atoms in total. The summed E-state index contributed by atoms with van der Waals surface area (Å²) in [6.07, 6.45) is 0. The summed E-state index contributed by atoms with van der Waals surface area (Å²) in [4.78, 5) is 29.2. The predicted octanol–water partition coefficient (Wildman–Crippen LogP) is 2.95. The van der Waals surface area contributed by atoms with Gasteiger partial charge in [-0.3, -0.25) is 9.59 Å². The van der Waals surface area contributed by atoms with E-state index in [0.717, 1.165) is 24.7 Å². The van der Waals surface area contributed by atoms with E-state index in [-0.39, 0.29) is 35.5 Å². The van der Waals surface area contributed by atoms with Gasteiger partial charge >= 0.3 is 0 Å². The van der Waals surface area contributed by atoms with Crippen LogP contribution in [-0.4, -0.2) is 60.9 Å². The van der Waals surface area contributed by atoms with E-state index in [2.05, 4.69) is 5.32 Å². The van der Waals surface area contributed by atoms with Crippen LogP contribution in [0.3, 0.4) is 0 Å². The van der Waals surface area contributed by atoms with Crippen molar-refractivity contribution < 1.29 is 18.7 Å². The van der Waals surface area contributed by atoms with E-state index in [1.165, 1.54) is 17.0 Å². The fourth-order valence-electron chi connectivity index (χ4n) is 3.31. The van der Waals surface area contributed by atoms with E-state index >= 15 is 0 Å². The molecular formula is C22H25ClFN3O3. The van der Waals surface area contributed by atoms with Crippen LogP contribution in [0.25, 0.3) is 0 Å². The smallest absolute Gasteiger partial charge is 0.254 e. The molecule has 0 atom stereocenters. The molecule has 2 amide bonds. The van der Waals surface area contributed by atoms with Gasteiger partial charge < -0.3 is 19.9 Å². The Balaban J connectivity index is 1.83. The number of rotatable bonds is 7. The van der Waals surface area contributed by atoms with Gasteiger partial charge in [-0.15, -0.1) is 0 Å². The molecule has 1 fully saturated rings. The molecule has 0 aromatic heterocycles. The zero-order valence-corrected chi connectivity index (χ0v) is 17.6. The highest BCUT2D eigenvalue weighted by Crippen LogP contribution is 2.20. The lowest BCUT2D eigenvalue weighted by Gasteiger charge is -2.30. The van der Waals surface area contributed by atoms with Gasteiger partial charge in [0.05, 0.1) is 11.6 Å². The van der Waals surface area contributed by atoms with Gasteiger partial charge in [-0.05, 0) is 42.8 Å². The van der Waals surface area contributed by atoms with Gasteiger partial charge in [0.25, 0.3) is 5.91 Å². The number of hydrogen-bond acceptors (Lipinski definition) is 4. The monoisotopic (exact) mass is 433 g/mol. The molecule has 3 rings (SSSR count). The topological polar surface area (TPSA) is 61.9 Å². The largest absolute Gasteiger partial charge is 0.494 e. The van der Waals surface area contributed by atoms with Crippen molar-refractivity contribution in [2.24, 2.45) is 0 Å². The van der Waals surface area contributed by atoms with Crippen LogP contribution in [0.2, 0.25) is 5.02 Å². The molecular weight excluding hydrogens is 409 g/mol. The Labute approximate surface area is 180 Å². The molecule has 160 valence electrons. The number of carbonyl (C=O) groups excluding carboxylic acids is 2. The fraction of sp³-hybridized carbons (Fsp3) is 0.364. The summed E-state index contributed by atoms with van der Waals surface area (Å²) in [6.45, 7) is 5.22. The van der Waals surface area contributed by atoms with Crippen molar-refractivity contribution in [1.82, 2.24) is 15.1 Å². The molecule has 2 aromatic carbocycles.